The molecule has 4 aromatic carbocycles. The Morgan fingerprint density at radius 2 is 1.19 bits per heavy atom. The van der Waals surface area contributed by atoms with Gasteiger partial charge in [-0.05, 0) is 65.2 Å². The molecule has 6 rings (SSSR count). The molecule has 0 nitrogen and oxygen atoms in total. The molecule has 0 N–H and O–H groups in total. The van der Waals surface area contributed by atoms with Crippen LogP contribution in [0.15, 0.2) is 91.0 Å². The van der Waals surface area contributed by atoms with Gasteiger partial charge in [0.2, 0.25) is 0 Å². The van der Waals surface area contributed by atoms with Crippen LogP contribution in [0.3, 0.4) is 0 Å². The summed E-state index contributed by atoms with van der Waals surface area (Å²) in [6, 6.07) is 32.5. The maximum absolute atomic E-state index is 3.39. The number of fused-ring (bicyclic) bond motifs is 5. The third-order valence-corrected chi connectivity index (χ3v) is 7.67. The summed E-state index contributed by atoms with van der Waals surface area (Å²) in [5, 5.41) is 5.32. The largest absolute Gasteiger partial charge is 0.141 e. The van der Waals surface area contributed by atoms with Gasteiger partial charge in [0, 0.05) is 30.6 Å². The van der Waals surface area contributed by atoms with Gasteiger partial charge in [-0.3, -0.25) is 0 Å². The van der Waals surface area contributed by atoms with Crippen molar-refractivity contribution in [3.8, 4) is 23.0 Å². The molecule has 0 radical (unpaired) electrons. The molecule has 0 aliphatic rings. The van der Waals surface area contributed by atoms with E-state index in [4.69, 9.17) is 0 Å². The van der Waals surface area contributed by atoms with Crippen molar-refractivity contribution in [2.24, 2.45) is 0 Å². The van der Waals surface area contributed by atoms with Crippen molar-refractivity contribution in [1.29, 1.82) is 0 Å². The zero-order chi connectivity index (χ0) is 20.8. The Hall–Kier alpha value is -3.38. The summed E-state index contributed by atoms with van der Waals surface area (Å²) in [5.41, 5.74) is 3.49. The molecule has 2 heterocycles. The Kier molecular flexibility index (Phi) is 4.39. The van der Waals surface area contributed by atoms with E-state index in [1.807, 2.05) is 17.4 Å². The molecule has 146 valence electrons. The quantitative estimate of drug-likeness (QED) is 0.229. The van der Waals surface area contributed by atoms with Crippen molar-refractivity contribution in [1.82, 2.24) is 0 Å². The van der Waals surface area contributed by atoms with E-state index in [0.717, 1.165) is 10.4 Å². The lowest BCUT2D eigenvalue weighted by Crippen LogP contribution is -1.78. The number of benzene rings is 4. The van der Waals surface area contributed by atoms with Gasteiger partial charge < -0.3 is 0 Å². The van der Waals surface area contributed by atoms with Gasteiger partial charge in [-0.25, -0.2) is 0 Å². The first-order valence-corrected chi connectivity index (χ1v) is 11.9. The normalized spacial score (nSPS) is 11.1. The molecule has 0 fully saturated rings. The topological polar surface area (TPSA) is 0 Å². The first kappa shape index (κ1) is 18.4. The van der Waals surface area contributed by atoms with Crippen molar-refractivity contribution < 1.29 is 0 Å². The fraction of sp³-hybridized carbons (Fsp3) is 0.0345. The molecule has 2 aromatic heterocycles. The zero-order valence-corrected chi connectivity index (χ0v) is 18.6. The van der Waals surface area contributed by atoms with E-state index in [9.17, 15) is 0 Å². The van der Waals surface area contributed by atoms with Crippen molar-refractivity contribution >= 4 is 53.6 Å². The SMILES string of the molecule is Cc1cc2c(ccc3c4cc(C#Cc5ccc(-c6ccccc6)cc5)sc4ccc23)s1. The van der Waals surface area contributed by atoms with Gasteiger partial charge in [-0.1, -0.05) is 66.4 Å². The molecule has 6 aromatic rings. The third kappa shape index (κ3) is 3.33. The average Bonchev–Trinajstić information content (AvgIpc) is 3.41. The van der Waals surface area contributed by atoms with E-state index >= 15 is 0 Å². The highest BCUT2D eigenvalue weighted by molar-refractivity contribution is 7.20. The summed E-state index contributed by atoms with van der Waals surface area (Å²) in [6.45, 7) is 2.18. The monoisotopic (exact) mass is 430 g/mol. The van der Waals surface area contributed by atoms with Gasteiger partial charge >= 0.3 is 0 Å². The Morgan fingerprint density at radius 3 is 1.94 bits per heavy atom. The molecule has 0 unspecified atom stereocenters. The first-order valence-electron chi connectivity index (χ1n) is 10.3. The van der Waals surface area contributed by atoms with Crippen LogP contribution in [-0.2, 0) is 0 Å². The van der Waals surface area contributed by atoms with Crippen LogP contribution in [0.25, 0.3) is 42.1 Å². The number of rotatable bonds is 1. The molecular formula is C29H18S2. The van der Waals surface area contributed by atoms with Crippen LogP contribution < -0.4 is 0 Å². The van der Waals surface area contributed by atoms with Crippen LogP contribution >= 0.6 is 22.7 Å². The van der Waals surface area contributed by atoms with E-state index in [0.29, 0.717) is 0 Å². The van der Waals surface area contributed by atoms with Crippen LogP contribution in [-0.4, -0.2) is 0 Å². The van der Waals surface area contributed by atoms with Crippen LogP contribution in [0.2, 0.25) is 0 Å². The van der Waals surface area contributed by atoms with Gasteiger partial charge in [0.1, 0.15) is 0 Å². The molecule has 0 amide bonds. The Bertz CT molecular complexity index is 1620. The molecule has 0 spiro atoms. The summed E-state index contributed by atoms with van der Waals surface area (Å²) >= 11 is 3.63. The van der Waals surface area contributed by atoms with E-state index in [2.05, 4.69) is 104 Å². The summed E-state index contributed by atoms with van der Waals surface area (Å²) in [5.74, 6) is 6.73. The maximum Gasteiger partial charge on any atom is 0.0785 e. The van der Waals surface area contributed by atoms with E-state index in [-0.39, 0.29) is 0 Å². The van der Waals surface area contributed by atoms with Crippen LogP contribution in [0.5, 0.6) is 0 Å². The highest BCUT2D eigenvalue weighted by atomic mass is 32.1. The number of thiophene rings is 2. The fourth-order valence-corrected chi connectivity index (χ4v) is 6.01. The lowest BCUT2D eigenvalue weighted by Gasteiger charge is -2.01. The molecule has 2 heteroatoms. The molecule has 0 bridgehead atoms. The summed E-state index contributed by atoms with van der Waals surface area (Å²) in [4.78, 5) is 2.47. The highest BCUT2D eigenvalue weighted by Gasteiger charge is 2.09. The summed E-state index contributed by atoms with van der Waals surface area (Å²) in [6.07, 6.45) is 0. The highest BCUT2D eigenvalue weighted by Crippen LogP contribution is 2.37. The van der Waals surface area contributed by atoms with Gasteiger partial charge in [0.15, 0.2) is 0 Å². The van der Waals surface area contributed by atoms with E-state index in [1.165, 1.54) is 46.9 Å². The number of aryl methyl sites for hydroxylation is 1. The summed E-state index contributed by atoms with van der Waals surface area (Å²) in [7, 11) is 0. The van der Waals surface area contributed by atoms with Gasteiger partial charge in [-0.15, -0.1) is 22.7 Å². The Labute approximate surface area is 189 Å². The number of hydrogen-bond acceptors (Lipinski definition) is 2. The molecule has 0 aliphatic heterocycles. The average molecular weight is 431 g/mol. The van der Waals surface area contributed by atoms with Gasteiger partial charge in [0.05, 0.1) is 4.88 Å². The lowest BCUT2D eigenvalue weighted by atomic mass is 10.0. The minimum absolute atomic E-state index is 1.04. The second-order valence-electron chi connectivity index (χ2n) is 7.71. The second-order valence-corrected chi connectivity index (χ2v) is 10.1. The Balaban J connectivity index is 1.37. The van der Waals surface area contributed by atoms with Crippen molar-refractivity contribution in [2.75, 3.05) is 0 Å². The third-order valence-electron chi connectivity index (χ3n) is 5.64. The first-order chi connectivity index (χ1) is 15.2. The maximum atomic E-state index is 3.39. The minimum Gasteiger partial charge on any atom is -0.141 e. The van der Waals surface area contributed by atoms with E-state index in [1.54, 1.807) is 11.3 Å². The zero-order valence-electron chi connectivity index (χ0n) is 17.0. The molecule has 0 saturated carbocycles. The van der Waals surface area contributed by atoms with E-state index < -0.39 is 0 Å². The molecular weight excluding hydrogens is 412 g/mol. The molecule has 0 saturated heterocycles. The second kappa shape index (κ2) is 7.39. The molecule has 0 atom stereocenters. The van der Waals surface area contributed by atoms with Crippen LogP contribution in [0, 0.1) is 18.8 Å². The van der Waals surface area contributed by atoms with Crippen molar-refractivity contribution in [2.45, 2.75) is 6.92 Å². The van der Waals surface area contributed by atoms with Crippen molar-refractivity contribution in [3.05, 3.63) is 106 Å². The van der Waals surface area contributed by atoms with Crippen LogP contribution in [0.1, 0.15) is 15.3 Å². The van der Waals surface area contributed by atoms with Crippen molar-refractivity contribution in [3.63, 3.8) is 0 Å². The molecule has 31 heavy (non-hydrogen) atoms. The predicted molar refractivity (Wildman–Crippen MR) is 137 cm³/mol. The predicted octanol–water partition coefficient (Wildman–Crippen LogP) is 8.64. The van der Waals surface area contributed by atoms with Gasteiger partial charge in [0.25, 0.3) is 0 Å². The summed E-state index contributed by atoms with van der Waals surface area (Å²) < 4.78 is 2.65. The van der Waals surface area contributed by atoms with Gasteiger partial charge in [-0.2, -0.15) is 0 Å². The lowest BCUT2D eigenvalue weighted by molar-refractivity contribution is 1.59. The standard InChI is InChI=1S/C29H18S2/c1-19-17-26-24-14-16-29-27(25(24)13-15-28(26)30-19)18-23(31-29)12-9-20-7-10-22(11-8-20)21-5-3-2-4-6-21/h2-8,10-11,13-18H,1H3. The molecule has 0 aliphatic carbocycles. The smallest absolute Gasteiger partial charge is 0.0785 e. The Morgan fingerprint density at radius 1 is 0.548 bits per heavy atom. The number of hydrogen-bond donors (Lipinski definition) is 0. The fourth-order valence-electron chi connectivity index (χ4n) is 4.15. The van der Waals surface area contributed by atoms with Crippen LogP contribution in [0.4, 0.5) is 0 Å². The minimum atomic E-state index is 1.04.